The van der Waals surface area contributed by atoms with E-state index >= 15 is 0 Å². The molecular formula is C20H18O2. The van der Waals surface area contributed by atoms with Crippen molar-refractivity contribution in [3.63, 3.8) is 0 Å². The van der Waals surface area contributed by atoms with Crippen LogP contribution in [0.5, 0.6) is 5.75 Å². The fraction of sp³-hybridized carbons (Fsp3) is 0.0500. The largest absolute Gasteiger partial charge is 0.508 e. The zero-order valence-electron chi connectivity index (χ0n) is 12.4. The minimum atomic E-state index is -0.0319. The van der Waals surface area contributed by atoms with Gasteiger partial charge in [-0.3, -0.25) is 4.79 Å². The van der Waals surface area contributed by atoms with E-state index < -0.39 is 0 Å². The maximum absolute atomic E-state index is 11.9. The molecule has 0 aliphatic heterocycles. The first-order valence-electron chi connectivity index (χ1n) is 7.07. The Kier molecular flexibility index (Phi) is 5.50. The molecule has 0 amide bonds. The van der Waals surface area contributed by atoms with Gasteiger partial charge < -0.3 is 5.11 Å². The van der Waals surface area contributed by atoms with Crippen LogP contribution in [0.4, 0.5) is 0 Å². The molecule has 2 heteroatoms. The van der Waals surface area contributed by atoms with Crippen LogP contribution in [0.25, 0.3) is 0 Å². The Morgan fingerprint density at radius 3 is 1.59 bits per heavy atom. The maximum Gasteiger partial charge on any atom is 0.193 e. The van der Waals surface area contributed by atoms with E-state index in [-0.39, 0.29) is 11.5 Å². The second kappa shape index (κ2) is 7.79. The van der Waals surface area contributed by atoms with Gasteiger partial charge in [0.25, 0.3) is 0 Å². The number of carbonyl (C=O) groups is 1. The van der Waals surface area contributed by atoms with Gasteiger partial charge in [-0.1, -0.05) is 66.2 Å². The summed E-state index contributed by atoms with van der Waals surface area (Å²) in [6.07, 6.45) is 0. The molecule has 0 aliphatic rings. The van der Waals surface area contributed by atoms with Gasteiger partial charge in [-0.25, -0.2) is 0 Å². The second-order valence-corrected chi connectivity index (χ2v) is 4.90. The van der Waals surface area contributed by atoms with Crippen LogP contribution in [-0.2, 0) is 0 Å². The molecule has 0 spiro atoms. The van der Waals surface area contributed by atoms with E-state index in [1.807, 2.05) is 36.4 Å². The standard InChI is InChI=1S/C13H10O2.C7H8/c14-12-8-6-11(7-9-12)13(15)10-4-2-1-3-5-10;1-7-5-3-2-4-6-7/h1-9,14H;2-6H,1H3. The zero-order valence-corrected chi connectivity index (χ0v) is 12.4. The molecule has 0 atom stereocenters. The lowest BCUT2D eigenvalue weighted by Gasteiger charge is -2.00. The lowest BCUT2D eigenvalue weighted by Crippen LogP contribution is -1.99. The van der Waals surface area contributed by atoms with Gasteiger partial charge in [0.2, 0.25) is 0 Å². The van der Waals surface area contributed by atoms with E-state index in [1.165, 1.54) is 17.7 Å². The molecular weight excluding hydrogens is 272 g/mol. The third kappa shape index (κ3) is 4.60. The Morgan fingerprint density at radius 2 is 1.14 bits per heavy atom. The van der Waals surface area contributed by atoms with Crippen LogP contribution in [0.2, 0.25) is 0 Å². The predicted molar refractivity (Wildman–Crippen MR) is 89.2 cm³/mol. The fourth-order valence-electron chi connectivity index (χ4n) is 1.90. The summed E-state index contributed by atoms with van der Waals surface area (Å²) in [5.74, 6) is 0.134. The Labute approximate surface area is 130 Å². The summed E-state index contributed by atoms with van der Waals surface area (Å²) >= 11 is 0. The summed E-state index contributed by atoms with van der Waals surface area (Å²) in [7, 11) is 0. The van der Waals surface area contributed by atoms with Crippen LogP contribution in [0.3, 0.4) is 0 Å². The maximum atomic E-state index is 11.9. The average Bonchev–Trinajstić information content (AvgIpc) is 2.57. The molecule has 3 rings (SSSR count). The number of aryl methyl sites for hydroxylation is 1. The van der Waals surface area contributed by atoms with Crippen molar-refractivity contribution in [3.8, 4) is 5.75 Å². The minimum Gasteiger partial charge on any atom is -0.508 e. The van der Waals surface area contributed by atoms with Crippen LogP contribution < -0.4 is 0 Å². The van der Waals surface area contributed by atoms with Crippen LogP contribution in [0, 0.1) is 6.92 Å². The number of aromatic hydroxyl groups is 1. The van der Waals surface area contributed by atoms with Crippen molar-refractivity contribution in [2.24, 2.45) is 0 Å². The summed E-state index contributed by atoms with van der Waals surface area (Å²) in [4.78, 5) is 11.9. The highest BCUT2D eigenvalue weighted by molar-refractivity contribution is 6.08. The lowest BCUT2D eigenvalue weighted by atomic mass is 10.0. The monoisotopic (exact) mass is 290 g/mol. The van der Waals surface area contributed by atoms with Crippen molar-refractivity contribution in [1.82, 2.24) is 0 Å². The third-order valence-corrected chi connectivity index (χ3v) is 3.11. The highest BCUT2D eigenvalue weighted by Gasteiger charge is 2.07. The van der Waals surface area contributed by atoms with Crippen LogP contribution in [-0.4, -0.2) is 10.9 Å². The average molecular weight is 290 g/mol. The second-order valence-electron chi connectivity index (χ2n) is 4.90. The van der Waals surface area contributed by atoms with E-state index in [0.29, 0.717) is 11.1 Å². The molecule has 0 saturated carbocycles. The molecule has 0 unspecified atom stereocenters. The first-order chi connectivity index (χ1) is 10.7. The lowest BCUT2D eigenvalue weighted by molar-refractivity contribution is 0.103. The van der Waals surface area contributed by atoms with Gasteiger partial charge in [0.05, 0.1) is 0 Å². The number of hydrogen-bond acceptors (Lipinski definition) is 2. The van der Waals surface area contributed by atoms with Crippen molar-refractivity contribution in [2.75, 3.05) is 0 Å². The predicted octanol–water partition coefficient (Wildman–Crippen LogP) is 4.62. The van der Waals surface area contributed by atoms with Crippen molar-refractivity contribution in [2.45, 2.75) is 6.92 Å². The van der Waals surface area contributed by atoms with E-state index in [2.05, 4.69) is 19.1 Å². The number of carbonyl (C=O) groups excluding carboxylic acids is 1. The van der Waals surface area contributed by atoms with Gasteiger partial charge in [-0.2, -0.15) is 0 Å². The summed E-state index contributed by atoms with van der Waals surface area (Å²) in [5.41, 5.74) is 2.56. The fourth-order valence-corrected chi connectivity index (χ4v) is 1.90. The van der Waals surface area contributed by atoms with Crippen molar-refractivity contribution < 1.29 is 9.90 Å². The summed E-state index contributed by atoms with van der Waals surface area (Å²) in [6, 6.07) is 25.6. The van der Waals surface area contributed by atoms with Crippen LogP contribution >= 0.6 is 0 Å². The third-order valence-electron chi connectivity index (χ3n) is 3.11. The number of rotatable bonds is 2. The molecule has 0 heterocycles. The van der Waals surface area contributed by atoms with E-state index in [9.17, 15) is 4.79 Å². The molecule has 0 radical (unpaired) electrons. The molecule has 3 aromatic rings. The van der Waals surface area contributed by atoms with Gasteiger partial charge in [0, 0.05) is 11.1 Å². The number of hydrogen-bond donors (Lipinski definition) is 1. The number of phenolic OH excluding ortho intramolecular Hbond substituents is 1. The molecule has 110 valence electrons. The smallest absolute Gasteiger partial charge is 0.193 e. The first kappa shape index (κ1) is 15.5. The highest BCUT2D eigenvalue weighted by atomic mass is 16.3. The molecule has 0 bridgehead atoms. The van der Waals surface area contributed by atoms with Gasteiger partial charge in [-0.15, -0.1) is 0 Å². The van der Waals surface area contributed by atoms with Gasteiger partial charge in [0.15, 0.2) is 5.78 Å². The topological polar surface area (TPSA) is 37.3 Å². The van der Waals surface area contributed by atoms with Gasteiger partial charge in [0.1, 0.15) is 5.75 Å². The Balaban J connectivity index is 0.000000211. The van der Waals surface area contributed by atoms with E-state index in [1.54, 1.807) is 24.3 Å². The molecule has 0 aromatic heterocycles. The SMILES string of the molecule is Cc1ccccc1.O=C(c1ccccc1)c1ccc(O)cc1. The quantitative estimate of drug-likeness (QED) is 0.699. The Morgan fingerprint density at radius 1 is 0.682 bits per heavy atom. The van der Waals surface area contributed by atoms with Gasteiger partial charge in [-0.05, 0) is 31.2 Å². The molecule has 3 aromatic carbocycles. The number of benzene rings is 3. The molecule has 0 aliphatic carbocycles. The summed E-state index contributed by atoms with van der Waals surface area (Å²) in [6.45, 7) is 2.08. The Hall–Kier alpha value is -2.87. The van der Waals surface area contributed by atoms with Crippen molar-refractivity contribution in [3.05, 3.63) is 102 Å². The van der Waals surface area contributed by atoms with E-state index in [0.717, 1.165) is 0 Å². The molecule has 22 heavy (non-hydrogen) atoms. The summed E-state index contributed by atoms with van der Waals surface area (Å²) in [5, 5.41) is 9.10. The highest BCUT2D eigenvalue weighted by Crippen LogP contribution is 2.13. The van der Waals surface area contributed by atoms with Crippen LogP contribution in [0.1, 0.15) is 21.5 Å². The van der Waals surface area contributed by atoms with Crippen molar-refractivity contribution >= 4 is 5.78 Å². The number of phenols is 1. The zero-order chi connectivity index (χ0) is 15.8. The normalized spacial score (nSPS) is 9.50. The minimum absolute atomic E-state index is 0.0319. The molecule has 0 saturated heterocycles. The van der Waals surface area contributed by atoms with Crippen molar-refractivity contribution in [1.29, 1.82) is 0 Å². The Bertz CT molecular complexity index is 702. The van der Waals surface area contributed by atoms with Gasteiger partial charge >= 0.3 is 0 Å². The molecule has 1 N–H and O–H groups in total. The first-order valence-corrected chi connectivity index (χ1v) is 7.07. The molecule has 0 fully saturated rings. The summed E-state index contributed by atoms with van der Waals surface area (Å²) < 4.78 is 0. The molecule has 2 nitrogen and oxygen atoms in total. The number of ketones is 1. The van der Waals surface area contributed by atoms with Crippen LogP contribution in [0.15, 0.2) is 84.9 Å². The van der Waals surface area contributed by atoms with E-state index in [4.69, 9.17) is 5.11 Å².